The van der Waals surface area contributed by atoms with Crippen molar-refractivity contribution in [1.29, 1.82) is 0 Å². The van der Waals surface area contributed by atoms with E-state index in [-0.39, 0.29) is 35.8 Å². The highest BCUT2D eigenvalue weighted by Crippen LogP contribution is 2.35. The normalized spacial score (nSPS) is 20.7. The minimum Gasteiger partial charge on any atom is -0.355 e. The van der Waals surface area contributed by atoms with Crippen molar-refractivity contribution in [2.24, 2.45) is 10.9 Å². The molecule has 1 aliphatic heterocycles. The number of amides is 1. The fraction of sp³-hybridized carbons (Fsp3) is 0.900. The molecule has 158 valence electrons. The standard InChI is InChI=1S/C20H39N5O.HI/c1-17(2)18(26)22-12-13-23-19(21-3)24-16-20(10-6-4-7-11-20)25-14-8-5-9-15-25;/h17H,4-16H2,1-3H3,(H,22,26)(H2,21,23,24);1H. The molecule has 7 heteroatoms. The molecule has 6 nitrogen and oxygen atoms in total. The Kier molecular flexibility index (Phi) is 11.6. The van der Waals surface area contributed by atoms with Gasteiger partial charge in [0.2, 0.25) is 5.91 Å². The summed E-state index contributed by atoms with van der Waals surface area (Å²) in [5.74, 6) is 0.967. The van der Waals surface area contributed by atoms with Gasteiger partial charge in [-0.3, -0.25) is 14.7 Å². The molecule has 0 radical (unpaired) electrons. The van der Waals surface area contributed by atoms with Crippen LogP contribution in [0.25, 0.3) is 0 Å². The minimum atomic E-state index is 0. The fourth-order valence-corrected chi connectivity index (χ4v) is 4.22. The monoisotopic (exact) mass is 493 g/mol. The maximum atomic E-state index is 11.6. The maximum absolute atomic E-state index is 11.6. The lowest BCUT2D eigenvalue weighted by atomic mass is 9.79. The SMILES string of the molecule is CN=C(NCCNC(=O)C(C)C)NCC1(N2CCCCC2)CCCCC1.I. The Bertz CT molecular complexity index is 457. The lowest BCUT2D eigenvalue weighted by Gasteiger charge is -2.48. The van der Waals surface area contributed by atoms with Crippen LogP contribution in [-0.4, -0.2) is 62.1 Å². The summed E-state index contributed by atoms with van der Waals surface area (Å²) in [6, 6.07) is 0. The zero-order valence-corrected chi connectivity index (χ0v) is 19.8. The Labute approximate surface area is 182 Å². The number of carbonyl (C=O) groups is 1. The lowest BCUT2D eigenvalue weighted by molar-refractivity contribution is -0.123. The average molecular weight is 493 g/mol. The Morgan fingerprint density at radius 3 is 2.15 bits per heavy atom. The molecule has 0 atom stereocenters. The van der Waals surface area contributed by atoms with Crippen LogP contribution < -0.4 is 16.0 Å². The Morgan fingerprint density at radius 1 is 0.963 bits per heavy atom. The Balaban J connectivity index is 0.00000364. The van der Waals surface area contributed by atoms with Crippen molar-refractivity contribution in [3.05, 3.63) is 0 Å². The second-order valence-electron chi connectivity index (χ2n) is 8.13. The molecular formula is C20H40IN5O. The predicted molar refractivity (Wildman–Crippen MR) is 124 cm³/mol. The van der Waals surface area contributed by atoms with E-state index in [1.165, 1.54) is 64.5 Å². The molecule has 1 saturated carbocycles. The highest BCUT2D eigenvalue weighted by molar-refractivity contribution is 14.0. The number of rotatable bonds is 7. The Hall–Kier alpha value is -0.570. The summed E-state index contributed by atoms with van der Waals surface area (Å²) in [4.78, 5) is 18.7. The molecule has 0 bridgehead atoms. The molecule has 0 aromatic carbocycles. The van der Waals surface area contributed by atoms with Gasteiger partial charge < -0.3 is 16.0 Å². The Morgan fingerprint density at radius 2 is 1.56 bits per heavy atom. The van der Waals surface area contributed by atoms with E-state index in [9.17, 15) is 4.79 Å². The lowest BCUT2D eigenvalue weighted by Crippen LogP contribution is -2.59. The van der Waals surface area contributed by atoms with Gasteiger partial charge >= 0.3 is 0 Å². The third kappa shape index (κ3) is 7.75. The van der Waals surface area contributed by atoms with Crippen LogP contribution in [0.3, 0.4) is 0 Å². The van der Waals surface area contributed by atoms with E-state index in [4.69, 9.17) is 0 Å². The minimum absolute atomic E-state index is 0. The number of carbonyl (C=O) groups excluding carboxylic acids is 1. The van der Waals surface area contributed by atoms with Crippen molar-refractivity contribution < 1.29 is 4.79 Å². The molecule has 0 unspecified atom stereocenters. The quantitative estimate of drug-likeness (QED) is 0.221. The van der Waals surface area contributed by atoms with Gasteiger partial charge in [0.15, 0.2) is 5.96 Å². The van der Waals surface area contributed by atoms with Gasteiger partial charge in [-0.2, -0.15) is 0 Å². The molecular weight excluding hydrogens is 453 g/mol. The molecule has 2 aliphatic rings. The molecule has 2 rings (SSSR count). The molecule has 0 aromatic heterocycles. The van der Waals surface area contributed by atoms with E-state index >= 15 is 0 Å². The molecule has 1 aliphatic carbocycles. The number of guanidine groups is 1. The largest absolute Gasteiger partial charge is 0.355 e. The third-order valence-electron chi connectivity index (χ3n) is 5.86. The van der Waals surface area contributed by atoms with Gasteiger partial charge in [-0.25, -0.2) is 0 Å². The second kappa shape index (κ2) is 12.8. The van der Waals surface area contributed by atoms with Crippen molar-refractivity contribution in [3.8, 4) is 0 Å². The van der Waals surface area contributed by atoms with Crippen LogP contribution in [0.2, 0.25) is 0 Å². The summed E-state index contributed by atoms with van der Waals surface area (Å²) in [5, 5.41) is 9.84. The first kappa shape index (κ1) is 24.5. The van der Waals surface area contributed by atoms with Crippen LogP contribution in [0, 0.1) is 5.92 Å². The van der Waals surface area contributed by atoms with E-state index in [1.54, 1.807) is 0 Å². The van der Waals surface area contributed by atoms with Crippen molar-refractivity contribution in [2.75, 3.05) is 39.8 Å². The highest BCUT2D eigenvalue weighted by Gasteiger charge is 2.38. The zero-order chi connectivity index (χ0) is 18.8. The molecule has 27 heavy (non-hydrogen) atoms. The summed E-state index contributed by atoms with van der Waals surface area (Å²) in [6.45, 7) is 8.58. The van der Waals surface area contributed by atoms with E-state index in [0.717, 1.165) is 12.5 Å². The van der Waals surface area contributed by atoms with Gasteiger partial charge in [-0.05, 0) is 38.8 Å². The molecule has 2 fully saturated rings. The van der Waals surface area contributed by atoms with Crippen LogP contribution >= 0.6 is 24.0 Å². The summed E-state index contributed by atoms with van der Waals surface area (Å²) < 4.78 is 0. The summed E-state index contributed by atoms with van der Waals surface area (Å²) in [5.41, 5.74) is 0.294. The third-order valence-corrected chi connectivity index (χ3v) is 5.86. The molecule has 0 aromatic rings. The number of aliphatic imine (C=N–C) groups is 1. The van der Waals surface area contributed by atoms with E-state index < -0.39 is 0 Å². The van der Waals surface area contributed by atoms with Crippen LogP contribution in [0.15, 0.2) is 4.99 Å². The van der Waals surface area contributed by atoms with Crippen molar-refractivity contribution in [1.82, 2.24) is 20.9 Å². The van der Waals surface area contributed by atoms with Gasteiger partial charge in [0, 0.05) is 38.1 Å². The number of nitrogens with zero attached hydrogens (tertiary/aromatic N) is 2. The molecule has 3 N–H and O–H groups in total. The average Bonchev–Trinajstić information content (AvgIpc) is 2.68. The van der Waals surface area contributed by atoms with Gasteiger partial charge in [-0.1, -0.05) is 39.5 Å². The van der Waals surface area contributed by atoms with Gasteiger partial charge in [-0.15, -0.1) is 24.0 Å². The van der Waals surface area contributed by atoms with Gasteiger partial charge in [0.05, 0.1) is 0 Å². The molecule has 1 heterocycles. The van der Waals surface area contributed by atoms with Crippen LogP contribution in [0.5, 0.6) is 0 Å². The summed E-state index contributed by atoms with van der Waals surface area (Å²) in [7, 11) is 1.82. The van der Waals surface area contributed by atoms with E-state index in [0.29, 0.717) is 18.6 Å². The second-order valence-corrected chi connectivity index (χ2v) is 8.13. The summed E-state index contributed by atoms with van der Waals surface area (Å²) >= 11 is 0. The van der Waals surface area contributed by atoms with Gasteiger partial charge in [0.1, 0.15) is 0 Å². The fourth-order valence-electron chi connectivity index (χ4n) is 4.22. The predicted octanol–water partition coefficient (Wildman–Crippen LogP) is 2.73. The first-order valence-corrected chi connectivity index (χ1v) is 10.5. The number of hydrogen-bond donors (Lipinski definition) is 3. The summed E-state index contributed by atoms with van der Waals surface area (Å²) in [6.07, 6.45) is 10.7. The number of nitrogens with one attached hydrogen (secondary N) is 3. The van der Waals surface area contributed by atoms with Crippen molar-refractivity contribution >= 4 is 35.8 Å². The van der Waals surface area contributed by atoms with Crippen molar-refractivity contribution in [2.45, 2.75) is 70.8 Å². The first-order chi connectivity index (χ1) is 12.6. The molecule has 1 amide bonds. The van der Waals surface area contributed by atoms with E-state index in [1.807, 2.05) is 20.9 Å². The topological polar surface area (TPSA) is 68.8 Å². The number of halogens is 1. The van der Waals surface area contributed by atoms with Gasteiger partial charge in [0.25, 0.3) is 0 Å². The maximum Gasteiger partial charge on any atom is 0.222 e. The van der Waals surface area contributed by atoms with Crippen LogP contribution in [0.4, 0.5) is 0 Å². The first-order valence-electron chi connectivity index (χ1n) is 10.5. The van der Waals surface area contributed by atoms with Crippen molar-refractivity contribution in [3.63, 3.8) is 0 Å². The van der Waals surface area contributed by atoms with Crippen LogP contribution in [-0.2, 0) is 4.79 Å². The number of piperidine rings is 1. The number of likely N-dealkylation sites (tertiary alicyclic amines) is 1. The molecule has 0 spiro atoms. The smallest absolute Gasteiger partial charge is 0.222 e. The van der Waals surface area contributed by atoms with Crippen LogP contribution in [0.1, 0.15) is 65.2 Å². The molecule has 1 saturated heterocycles. The highest BCUT2D eigenvalue weighted by atomic mass is 127. The number of hydrogen-bond acceptors (Lipinski definition) is 3. The van der Waals surface area contributed by atoms with E-state index in [2.05, 4.69) is 25.8 Å². The zero-order valence-electron chi connectivity index (χ0n) is 17.5.